The van der Waals surface area contributed by atoms with Crippen LogP contribution >= 0.6 is 22.6 Å². The summed E-state index contributed by atoms with van der Waals surface area (Å²) >= 11 is 2.19. The molecule has 0 amide bonds. The van der Waals surface area contributed by atoms with Crippen LogP contribution in [0.5, 0.6) is 0 Å². The van der Waals surface area contributed by atoms with Gasteiger partial charge in [0.25, 0.3) is 0 Å². The molecule has 2 N–H and O–H groups in total. The molecular formula is C14H12F2IN. The van der Waals surface area contributed by atoms with Gasteiger partial charge in [-0.25, -0.2) is 8.78 Å². The highest BCUT2D eigenvalue weighted by Gasteiger charge is 2.13. The first-order chi connectivity index (χ1) is 8.58. The van der Waals surface area contributed by atoms with E-state index in [1.807, 2.05) is 24.3 Å². The molecule has 2 rings (SSSR count). The summed E-state index contributed by atoms with van der Waals surface area (Å²) in [6, 6.07) is 11.5. The fourth-order valence-electron chi connectivity index (χ4n) is 1.80. The highest BCUT2D eigenvalue weighted by atomic mass is 127. The third kappa shape index (κ3) is 3.05. The summed E-state index contributed by atoms with van der Waals surface area (Å²) in [4.78, 5) is 0. The summed E-state index contributed by atoms with van der Waals surface area (Å²) in [5, 5.41) is 0. The summed E-state index contributed by atoms with van der Waals surface area (Å²) in [5.41, 5.74) is 7.25. The number of nitrogens with two attached hydrogens (primary N) is 1. The van der Waals surface area contributed by atoms with Crippen molar-refractivity contribution in [3.05, 3.63) is 68.8 Å². The normalized spacial score (nSPS) is 12.4. The molecule has 2 aromatic rings. The lowest BCUT2D eigenvalue weighted by molar-refractivity contribution is 0.494. The van der Waals surface area contributed by atoms with Crippen LogP contribution in [0, 0.1) is 15.2 Å². The van der Waals surface area contributed by atoms with Crippen LogP contribution in [0.1, 0.15) is 17.2 Å². The minimum absolute atomic E-state index is 0.281. The lowest BCUT2D eigenvalue weighted by Gasteiger charge is -2.13. The first-order valence-corrected chi connectivity index (χ1v) is 6.59. The largest absolute Gasteiger partial charge is 0.324 e. The van der Waals surface area contributed by atoms with E-state index in [-0.39, 0.29) is 12.5 Å². The molecule has 94 valence electrons. The van der Waals surface area contributed by atoms with E-state index in [2.05, 4.69) is 22.6 Å². The van der Waals surface area contributed by atoms with E-state index in [0.29, 0.717) is 5.56 Å². The first kappa shape index (κ1) is 13.4. The molecular weight excluding hydrogens is 347 g/mol. The van der Waals surface area contributed by atoms with Crippen molar-refractivity contribution >= 4 is 22.6 Å². The number of halogens is 3. The Hall–Kier alpha value is -1.01. The predicted molar refractivity (Wildman–Crippen MR) is 76.1 cm³/mol. The lowest BCUT2D eigenvalue weighted by Crippen LogP contribution is -2.14. The van der Waals surface area contributed by atoms with Crippen LogP contribution in [-0.2, 0) is 6.42 Å². The van der Waals surface area contributed by atoms with Crippen molar-refractivity contribution in [1.82, 2.24) is 0 Å². The van der Waals surface area contributed by atoms with Crippen molar-refractivity contribution in [1.29, 1.82) is 0 Å². The van der Waals surface area contributed by atoms with E-state index in [0.717, 1.165) is 15.2 Å². The minimum atomic E-state index is -0.831. The Balaban J connectivity index is 2.21. The van der Waals surface area contributed by atoms with Gasteiger partial charge < -0.3 is 5.73 Å². The second kappa shape index (κ2) is 5.75. The highest BCUT2D eigenvalue weighted by molar-refractivity contribution is 14.1. The molecule has 0 saturated carbocycles. The van der Waals surface area contributed by atoms with Gasteiger partial charge in [-0.3, -0.25) is 0 Å². The monoisotopic (exact) mass is 359 g/mol. The SMILES string of the molecule is NC(Cc1cccc(F)c1F)c1cccc(I)c1. The second-order valence-electron chi connectivity index (χ2n) is 4.08. The zero-order valence-corrected chi connectivity index (χ0v) is 11.7. The molecule has 1 nitrogen and oxygen atoms in total. The molecule has 0 aliphatic rings. The van der Waals surface area contributed by atoms with Crippen molar-refractivity contribution in [3.8, 4) is 0 Å². The summed E-state index contributed by atoms with van der Waals surface area (Å²) in [6.07, 6.45) is 0.281. The van der Waals surface area contributed by atoms with Crippen LogP contribution in [0.4, 0.5) is 8.78 Å². The molecule has 0 fully saturated rings. The third-order valence-corrected chi connectivity index (χ3v) is 3.42. The number of hydrogen-bond acceptors (Lipinski definition) is 1. The first-order valence-electron chi connectivity index (χ1n) is 5.52. The van der Waals surface area contributed by atoms with Crippen molar-refractivity contribution in [2.45, 2.75) is 12.5 Å². The Labute approximate surface area is 118 Å². The fourth-order valence-corrected chi connectivity index (χ4v) is 2.37. The van der Waals surface area contributed by atoms with Gasteiger partial charge in [-0.15, -0.1) is 0 Å². The van der Waals surface area contributed by atoms with Gasteiger partial charge in [0, 0.05) is 9.61 Å². The van der Waals surface area contributed by atoms with Gasteiger partial charge in [-0.2, -0.15) is 0 Å². The molecule has 0 heterocycles. The van der Waals surface area contributed by atoms with Crippen LogP contribution in [-0.4, -0.2) is 0 Å². The Morgan fingerprint density at radius 1 is 1.11 bits per heavy atom. The van der Waals surface area contributed by atoms with Gasteiger partial charge >= 0.3 is 0 Å². The van der Waals surface area contributed by atoms with Crippen molar-refractivity contribution in [2.24, 2.45) is 5.73 Å². The average molecular weight is 359 g/mol. The highest BCUT2D eigenvalue weighted by Crippen LogP contribution is 2.20. The smallest absolute Gasteiger partial charge is 0.162 e. The Bertz CT molecular complexity index is 557. The maximum Gasteiger partial charge on any atom is 0.162 e. The standard InChI is InChI=1S/C14H12F2IN/c15-12-6-2-4-10(14(12)16)8-13(18)9-3-1-5-11(17)7-9/h1-7,13H,8,18H2. The molecule has 1 atom stereocenters. The van der Waals surface area contributed by atoms with Gasteiger partial charge in [-0.1, -0.05) is 24.3 Å². The number of hydrogen-bond donors (Lipinski definition) is 1. The van der Waals surface area contributed by atoms with Crippen molar-refractivity contribution < 1.29 is 8.78 Å². The van der Waals surface area contributed by atoms with Gasteiger partial charge in [0.2, 0.25) is 0 Å². The third-order valence-electron chi connectivity index (χ3n) is 2.75. The Morgan fingerprint density at radius 3 is 2.56 bits per heavy atom. The lowest BCUT2D eigenvalue weighted by atomic mass is 9.99. The molecule has 0 aliphatic heterocycles. The maximum atomic E-state index is 13.5. The maximum absolute atomic E-state index is 13.5. The summed E-state index contributed by atoms with van der Waals surface area (Å²) in [6.45, 7) is 0. The number of benzene rings is 2. The minimum Gasteiger partial charge on any atom is -0.324 e. The van der Waals surface area contributed by atoms with Gasteiger partial charge in [0.05, 0.1) is 0 Å². The molecule has 0 radical (unpaired) electrons. The molecule has 0 aromatic heterocycles. The van der Waals surface area contributed by atoms with E-state index < -0.39 is 11.6 Å². The Kier molecular flexibility index (Phi) is 4.29. The molecule has 0 saturated heterocycles. The molecule has 0 aliphatic carbocycles. The Morgan fingerprint density at radius 2 is 1.83 bits per heavy atom. The van der Waals surface area contributed by atoms with Gasteiger partial charge in [0.1, 0.15) is 0 Å². The van der Waals surface area contributed by atoms with E-state index in [9.17, 15) is 8.78 Å². The molecule has 1 unspecified atom stereocenters. The van der Waals surface area contributed by atoms with Crippen LogP contribution < -0.4 is 5.73 Å². The molecule has 18 heavy (non-hydrogen) atoms. The van der Waals surface area contributed by atoms with E-state index in [1.165, 1.54) is 6.07 Å². The molecule has 0 bridgehead atoms. The van der Waals surface area contributed by atoms with E-state index in [4.69, 9.17) is 5.73 Å². The van der Waals surface area contributed by atoms with E-state index >= 15 is 0 Å². The topological polar surface area (TPSA) is 26.0 Å². The quantitative estimate of drug-likeness (QED) is 0.829. The predicted octanol–water partition coefficient (Wildman–Crippen LogP) is 3.81. The average Bonchev–Trinajstić information content (AvgIpc) is 2.35. The molecule has 4 heteroatoms. The van der Waals surface area contributed by atoms with Crippen LogP contribution in [0.15, 0.2) is 42.5 Å². The van der Waals surface area contributed by atoms with E-state index in [1.54, 1.807) is 6.07 Å². The summed E-state index contributed by atoms with van der Waals surface area (Å²) < 4.78 is 27.7. The van der Waals surface area contributed by atoms with Crippen LogP contribution in [0.3, 0.4) is 0 Å². The zero-order valence-electron chi connectivity index (χ0n) is 9.54. The second-order valence-corrected chi connectivity index (χ2v) is 5.32. The fraction of sp³-hybridized carbons (Fsp3) is 0.143. The molecule has 2 aromatic carbocycles. The van der Waals surface area contributed by atoms with Crippen molar-refractivity contribution in [3.63, 3.8) is 0 Å². The van der Waals surface area contributed by atoms with Crippen molar-refractivity contribution in [2.75, 3.05) is 0 Å². The summed E-state index contributed by atoms with van der Waals surface area (Å²) in [7, 11) is 0. The van der Waals surface area contributed by atoms with Crippen LogP contribution in [0.25, 0.3) is 0 Å². The van der Waals surface area contributed by atoms with Crippen LogP contribution in [0.2, 0.25) is 0 Å². The number of rotatable bonds is 3. The van der Waals surface area contributed by atoms with Gasteiger partial charge in [0.15, 0.2) is 11.6 Å². The summed E-state index contributed by atoms with van der Waals surface area (Å²) in [5.74, 6) is -1.64. The molecule has 0 spiro atoms. The van der Waals surface area contributed by atoms with Gasteiger partial charge in [-0.05, 0) is 58.3 Å². The zero-order chi connectivity index (χ0) is 13.1.